The van der Waals surface area contributed by atoms with Crippen molar-refractivity contribution in [2.24, 2.45) is 0 Å². The summed E-state index contributed by atoms with van der Waals surface area (Å²) in [6.45, 7) is 2.27. The average molecular weight is 453 g/mol. The molecule has 0 bridgehead atoms. The third kappa shape index (κ3) is 3.74. The molecule has 1 aromatic heterocycles. The Morgan fingerprint density at radius 2 is 1.14 bits per heavy atom. The zero-order valence-electron chi connectivity index (χ0n) is 20.0. The lowest BCUT2D eigenvalue weighted by Crippen LogP contribution is -1.94. The molecule has 35 heavy (non-hydrogen) atoms. The van der Waals surface area contributed by atoms with Crippen LogP contribution < -0.4 is 0 Å². The van der Waals surface area contributed by atoms with Gasteiger partial charge in [0, 0.05) is 22.3 Å². The summed E-state index contributed by atoms with van der Waals surface area (Å²) in [7, 11) is 0. The van der Waals surface area contributed by atoms with Gasteiger partial charge in [0.25, 0.3) is 0 Å². The fourth-order valence-electron chi connectivity index (χ4n) is 5.29. The minimum absolute atomic E-state index is 0.941. The first-order valence-corrected chi connectivity index (χ1v) is 12.5. The van der Waals surface area contributed by atoms with Crippen LogP contribution in [0.25, 0.3) is 44.9 Å². The van der Waals surface area contributed by atoms with E-state index in [9.17, 15) is 0 Å². The number of furan rings is 1. The molecule has 1 aliphatic rings. The maximum atomic E-state index is 6.81. The van der Waals surface area contributed by atoms with Crippen molar-refractivity contribution in [3.63, 3.8) is 0 Å². The lowest BCUT2D eigenvalue weighted by atomic mass is 9.87. The van der Waals surface area contributed by atoms with E-state index in [0.717, 1.165) is 36.3 Å². The Hall–Kier alpha value is -4.10. The molecule has 0 spiro atoms. The van der Waals surface area contributed by atoms with E-state index in [0.29, 0.717) is 0 Å². The van der Waals surface area contributed by atoms with Crippen LogP contribution in [-0.4, -0.2) is 0 Å². The smallest absolute Gasteiger partial charge is 0.143 e. The van der Waals surface area contributed by atoms with Crippen molar-refractivity contribution in [2.45, 2.75) is 26.2 Å². The fourth-order valence-corrected chi connectivity index (χ4v) is 5.29. The molecule has 0 saturated heterocycles. The Bertz CT molecular complexity index is 1490. The van der Waals surface area contributed by atoms with Gasteiger partial charge in [0.15, 0.2) is 0 Å². The largest absolute Gasteiger partial charge is 0.455 e. The number of allylic oxidation sites excluding steroid dienone is 1. The third-order valence-electron chi connectivity index (χ3n) is 6.90. The number of hydrogen-bond donors (Lipinski definition) is 0. The van der Waals surface area contributed by atoms with Crippen LogP contribution in [0.1, 0.15) is 42.9 Å². The fraction of sp³-hybridized carbons (Fsp3) is 0.118. The van der Waals surface area contributed by atoms with Gasteiger partial charge in [-0.05, 0) is 40.7 Å². The SMILES string of the molecule is CCCC/C(=C1/c2ccccc2-c2oc(-c3ccccc3)c(-c3ccccc3)c21)c1ccccc1. The predicted octanol–water partition coefficient (Wildman–Crippen LogP) is 9.74. The van der Waals surface area contributed by atoms with Gasteiger partial charge in [-0.3, -0.25) is 0 Å². The number of rotatable bonds is 6. The summed E-state index contributed by atoms with van der Waals surface area (Å²) in [4.78, 5) is 0. The van der Waals surface area contributed by atoms with E-state index in [1.54, 1.807) is 0 Å². The first-order valence-electron chi connectivity index (χ1n) is 12.5. The van der Waals surface area contributed by atoms with Gasteiger partial charge in [0.2, 0.25) is 0 Å². The number of hydrogen-bond acceptors (Lipinski definition) is 1. The number of fused-ring (bicyclic) bond motifs is 3. The van der Waals surface area contributed by atoms with Crippen molar-refractivity contribution in [2.75, 3.05) is 0 Å². The molecular weight excluding hydrogens is 424 g/mol. The lowest BCUT2D eigenvalue weighted by Gasteiger charge is -2.16. The summed E-state index contributed by atoms with van der Waals surface area (Å²) in [5, 5.41) is 0. The van der Waals surface area contributed by atoms with E-state index in [-0.39, 0.29) is 0 Å². The second-order valence-electron chi connectivity index (χ2n) is 9.11. The van der Waals surface area contributed by atoms with Crippen LogP contribution in [0.4, 0.5) is 0 Å². The maximum Gasteiger partial charge on any atom is 0.143 e. The summed E-state index contributed by atoms with van der Waals surface area (Å²) >= 11 is 0. The second-order valence-corrected chi connectivity index (χ2v) is 9.11. The zero-order valence-corrected chi connectivity index (χ0v) is 20.0. The summed E-state index contributed by atoms with van der Waals surface area (Å²) in [6.07, 6.45) is 3.34. The van der Waals surface area contributed by atoms with E-state index in [1.165, 1.54) is 44.5 Å². The van der Waals surface area contributed by atoms with E-state index < -0.39 is 0 Å². The summed E-state index contributed by atoms with van der Waals surface area (Å²) in [6, 6.07) is 40.8. The molecule has 1 heterocycles. The van der Waals surface area contributed by atoms with E-state index in [4.69, 9.17) is 4.42 Å². The van der Waals surface area contributed by atoms with Crippen molar-refractivity contribution in [1.29, 1.82) is 0 Å². The molecule has 170 valence electrons. The van der Waals surface area contributed by atoms with Gasteiger partial charge >= 0.3 is 0 Å². The average Bonchev–Trinajstić information content (AvgIpc) is 3.46. The van der Waals surface area contributed by atoms with Gasteiger partial charge in [0.1, 0.15) is 11.5 Å². The molecule has 1 aliphatic carbocycles. The molecule has 0 unspecified atom stereocenters. The van der Waals surface area contributed by atoms with Crippen LogP contribution in [0.2, 0.25) is 0 Å². The van der Waals surface area contributed by atoms with Gasteiger partial charge in [-0.25, -0.2) is 0 Å². The van der Waals surface area contributed by atoms with E-state index >= 15 is 0 Å². The minimum atomic E-state index is 0.941. The monoisotopic (exact) mass is 452 g/mol. The Morgan fingerprint density at radius 3 is 1.80 bits per heavy atom. The second kappa shape index (κ2) is 9.27. The van der Waals surface area contributed by atoms with Crippen molar-refractivity contribution in [3.8, 4) is 33.8 Å². The molecule has 4 aromatic carbocycles. The Morgan fingerprint density at radius 1 is 0.571 bits per heavy atom. The topological polar surface area (TPSA) is 13.1 Å². The molecule has 0 saturated carbocycles. The number of unbranched alkanes of at least 4 members (excludes halogenated alkanes) is 1. The highest BCUT2D eigenvalue weighted by Gasteiger charge is 2.35. The van der Waals surface area contributed by atoms with Gasteiger partial charge < -0.3 is 4.42 Å². The molecule has 0 amide bonds. The van der Waals surface area contributed by atoms with Gasteiger partial charge in [-0.1, -0.05) is 129 Å². The summed E-state index contributed by atoms with van der Waals surface area (Å²) in [5.41, 5.74) is 11.2. The summed E-state index contributed by atoms with van der Waals surface area (Å²) in [5.74, 6) is 1.93. The molecule has 0 fully saturated rings. The molecule has 1 heteroatoms. The standard InChI is InChI=1S/C34H28O/c1-2-3-21-27(24-15-7-4-8-16-24)31-28-22-13-14-23-29(28)34-32(31)30(25-17-9-5-10-18-25)33(35-34)26-19-11-6-12-20-26/h4-20,22-23H,2-3,21H2,1H3/b31-27+. The number of benzene rings is 4. The van der Waals surface area contributed by atoms with Crippen LogP contribution in [0.3, 0.4) is 0 Å². The van der Waals surface area contributed by atoms with Crippen molar-refractivity contribution in [3.05, 3.63) is 132 Å². The molecule has 1 nitrogen and oxygen atoms in total. The minimum Gasteiger partial charge on any atom is -0.455 e. The van der Waals surface area contributed by atoms with Crippen molar-refractivity contribution in [1.82, 2.24) is 0 Å². The van der Waals surface area contributed by atoms with Crippen LogP contribution in [0.5, 0.6) is 0 Å². The lowest BCUT2D eigenvalue weighted by molar-refractivity contribution is 0.598. The normalized spacial score (nSPS) is 13.4. The van der Waals surface area contributed by atoms with Gasteiger partial charge in [-0.15, -0.1) is 0 Å². The molecule has 0 N–H and O–H groups in total. The van der Waals surface area contributed by atoms with E-state index in [2.05, 4.69) is 122 Å². The first kappa shape index (κ1) is 21.4. The molecule has 0 atom stereocenters. The zero-order chi connectivity index (χ0) is 23.6. The maximum absolute atomic E-state index is 6.81. The van der Waals surface area contributed by atoms with Gasteiger partial charge in [-0.2, -0.15) is 0 Å². The van der Waals surface area contributed by atoms with Crippen LogP contribution >= 0.6 is 0 Å². The van der Waals surface area contributed by atoms with Crippen molar-refractivity contribution < 1.29 is 4.42 Å². The predicted molar refractivity (Wildman–Crippen MR) is 147 cm³/mol. The van der Waals surface area contributed by atoms with Crippen LogP contribution in [0.15, 0.2) is 120 Å². The van der Waals surface area contributed by atoms with Crippen LogP contribution in [-0.2, 0) is 0 Å². The van der Waals surface area contributed by atoms with Gasteiger partial charge in [0.05, 0.1) is 0 Å². The van der Waals surface area contributed by atoms with E-state index in [1.807, 2.05) is 0 Å². The Kier molecular flexibility index (Phi) is 5.68. The molecule has 5 aromatic rings. The first-order chi connectivity index (χ1) is 17.4. The highest BCUT2D eigenvalue weighted by molar-refractivity contribution is 6.14. The highest BCUT2D eigenvalue weighted by atomic mass is 16.3. The summed E-state index contributed by atoms with van der Waals surface area (Å²) < 4.78 is 6.81. The highest BCUT2D eigenvalue weighted by Crippen LogP contribution is 2.56. The molecule has 0 radical (unpaired) electrons. The molecular formula is C34H28O. The third-order valence-corrected chi connectivity index (χ3v) is 6.90. The Balaban J connectivity index is 1.73. The molecule has 6 rings (SSSR count). The quantitative estimate of drug-likeness (QED) is 0.245. The van der Waals surface area contributed by atoms with Crippen molar-refractivity contribution >= 4 is 11.1 Å². The Labute approximate surface area is 207 Å². The molecule has 0 aliphatic heterocycles. The van der Waals surface area contributed by atoms with Crippen LogP contribution in [0, 0.1) is 0 Å².